The Kier molecular flexibility index (Phi) is 5.06. The Morgan fingerprint density at radius 1 is 1.35 bits per heavy atom. The van der Waals surface area contributed by atoms with Crippen molar-refractivity contribution >= 4 is 47.3 Å². The molecule has 0 saturated carbocycles. The molecule has 20 heavy (non-hydrogen) atoms. The molecule has 1 fully saturated rings. The molecule has 0 bridgehead atoms. The summed E-state index contributed by atoms with van der Waals surface area (Å²) in [5, 5.41) is 2.77. The lowest BCUT2D eigenvalue weighted by molar-refractivity contribution is -0.122. The summed E-state index contributed by atoms with van der Waals surface area (Å²) in [6.45, 7) is 1.18. The fourth-order valence-electron chi connectivity index (χ4n) is 1.98. The summed E-state index contributed by atoms with van der Waals surface area (Å²) in [7, 11) is 1.48. The van der Waals surface area contributed by atoms with Crippen molar-refractivity contribution in [3.63, 3.8) is 0 Å². The molecule has 0 radical (unpaired) electrons. The van der Waals surface area contributed by atoms with E-state index in [2.05, 4.69) is 21.2 Å². The zero-order valence-electron chi connectivity index (χ0n) is 10.4. The van der Waals surface area contributed by atoms with Gasteiger partial charge >= 0.3 is 0 Å². The Hall–Kier alpha value is -0.630. The zero-order valence-corrected chi connectivity index (χ0v) is 13.6. The highest BCUT2D eigenvalue weighted by molar-refractivity contribution is 9.10. The van der Waals surface area contributed by atoms with Crippen molar-refractivity contribution in [1.29, 1.82) is 0 Å². The third kappa shape index (κ3) is 3.94. The first-order chi connectivity index (χ1) is 9.38. The van der Waals surface area contributed by atoms with E-state index in [1.807, 2.05) is 0 Å². The highest BCUT2D eigenvalue weighted by Gasteiger charge is 2.22. The number of hydrogen-bond acceptors (Lipinski definition) is 4. The summed E-state index contributed by atoms with van der Waals surface area (Å²) >= 11 is 3.13. The average molecular weight is 383 g/mol. The van der Waals surface area contributed by atoms with Gasteiger partial charge in [-0.25, -0.2) is 8.42 Å². The molecule has 0 aromatic heterocycles. The second-order valence-corrected chi connectivity index (χ2v) is 7.85. The molecule has 1 saturated heterocycles. The van der Waals surface area contributed by atoms with Gasteiger partial charge < -0.3 is 10.1 Å². The van der Waals surface area contributed by atoms with E-state index in [0.29, 0.717) is 36.2 Å². The Labute approximate surface area is 130 Å². The number of amides is 1. The summed E-state index contributed by atoms with van der Waals surface area (Å²) < 4.78 is 28.1. The Morgan fingerprint density at radius 3 is 2.55 bits per heavy atom. The van der Waals surface area contributed by atoms with Crippen molar-refractivity contribution in [2.75, 3.05) is 18.5 Å². The van der Waals surface area contributed by atoms with Gasteiger partial charge in [-0.2, -0.15) is 0 Å². The summed E-state index contributed by atoms with van der Waals surface area (Å²) in [5.41, 5.74) is 0.525. The van der Waals surface area contributed by atoms with Gasteiger partial charge in [0.05, 0.1) is 4.90 Å². The molecular formula is C12H13BrClNO4S. The first kappa shape index (κ1) is 15.8. The Balaban J connectivity index is 2.10. The molecule has 0 unspecified atom stereocenters. The number of anilines is 1. The minimum absolute atomic E-state index is 0.0248. The van der Waals surface area contributed by atoms with Crippen LogP contribution in [0, 0.1) is 5.92 Å². The number of ether oxygens (including phenoxy) is 1. The van der Waals surface area contributed by atoms with Crippen LogP contribution in [0.4, 0.5) is 5.69 Å². The topological polar surface area (TPSA) is 72.5 Å². The number of halogens is 2. The van der Waals surface area contributed by atoms with E-state index in [-0.39, 0.29) is 16.7 Å². The molecule has 110 valence electrons. The van der Waals surface area contributed by atoms with Crippen molar-refractivity contribution in [2.45, 2.75) is 17.7 Å². The van der Waals surface area contributed by atoms with Crippen LogP contribution in [0.2, 0.25) is 0 Å². The summed E-state index contributed by atoms with van der Waals surface area (Å²) in [6, 6.07) is 4.38. The van der Waals surface area contributed by atoms with Crippen molar-refractivity contribution in [3.8, 4) is 0 Å². The summed E-state index contributed by atoms with van der Waals surface area (Å²) in [4.78, 5) is 12.0. The van der Waals surface area contributed by atoms with Crippen LogP contribution in [0.3, 0.4) is 0 Å². The SMILES string of the molecule is O=C(Nc1ccc(S(=O)(=O)Cl)c(Br)c1)C1CCOCC1. The normalized spacial score (nSPS) is 16.9. The van der Waals surface area contributed by atoms with Gasteiger partial charge in [-0.05, 0) is 47.0 Å². The molecule has 1 N–H and O–H groups in total. The number of carbonyl (C=O) groups excluding carboxylic acids is 1. The van der Waals surface area contributed by atoms with Crippen LogP contribution in [-0.2, 0) is 18.6 Å². The molecule has 0 atom stereocenters. The molecule has 8 heteroatoms. The van der Waals surface area contributed by atoms with Crippen LogP contribution in [-0.4, -0.2) is 27.5 Å². The molecule has 1 aromatic rings. The quantitative estimate of drug-likeness (QED) is 0.816. The molecule has 2 rings (SSSR count). The van der Waals surface area contributed by atoms with Gasteiger partial charge in [0.1, 0.15) is 0 Å². The number of hydrogen-bond donors (Lipinski definition) is 1. The molecule has 1 amide bonds. The van der Waals surface area contributed by atoms with Crippen LogP contribution in [0.5, 0.6) is 0 Å². The van der Waals surface area contributed by atoms with Crippen molar-refractivity contribution in [1.82, 2.24) is 0 Å². The average Bonchev–Trinajstić information content (AvgIpc) is 2.38. The van der Waals surface area contributed by atoms with Gasteiger partial charge in [-0.3, -0.25) is 4.79 Å². The Bertz CT molecular complexity index is 614. The van der Waals surface area contributed by atoms with Gasteiger partial charge in [-0.1, -0.05) is 0 Å². The first-order valence-electron chi connectivity index (χ1n) is 6.01. The van der Waals surface area contributed by atoms with Crippen LogP contribution in [0.1, 0.15) is 12.8 Å². The lowest BCUT2D eigenvalue weighted by Gasteiger charge is -2.21. The molecule has 1 aromatic carbocycles. The highest BCUT2D eigenvalue weighted by Crippen LogP contribution is 2.28. The van der Waals surface area contributed by atoms with Gasteiger partial charge in [0.2, 0.25) is 5.91 Å². The maximum Gasteiger partial charge on any atom is 0.262 e. The molecule has 1 aliphatic rings. The van der Waals surface area contributed by atoms with Crippen LogP contribution in [0.25, 0.3) is 0 Å². The van der Waals surface area contributed by atoms with Gasteiger partial charge in [0.15, 0.2) is 0 Å². The van der Waals surface area contributed by atoms with Crippen LogP contribution < -0.4 is 5.32 Å². The Morgan fingerprint density at radius 2 is 2.00 bits per heavy atom. The first-order valence-corrected chi connectivity index (χ1v) is 9.11. The van der Waals surface area contributed by atoms with Gasteiger partial charge in [-0.15, -0.1) is 0 Å². The standard InChI is InChI=1S/C12H13BrClNO4S/c13-10-7-9(1-2-11(10)20(14,17)18)15-12(16)8-3-5-19-6-4-8/h1-2,7-8H,3-6H2,(H,15,16). The zero-order chi connectivity index (χ0) is 14.8. The van der Waals surface area contributed by atoms with E-state index in [1.54, 1.807) is 0 Å². The van der Waals surface area contributed by atoms with E-state index in [1.165, 1.54) is 18.2 Å². The third-order valence-electron chi connectivity index (χ3n) is 3.05. The lowest BCUT2D eigenvalue weighted by Crippen LogP contribution is -2.28. The second kappa shape index (κ2) is 6.43. The van der Waals surface area contributed by atoms with E-state index < -0.39 is 9.05 Å². The van der Waals surface area contributed by atoms with Crippen LogP contribution in [0.15, 0.2) is 27.6 Å². The summed E-state index contributed by atoms with van der Waals surface area (Å²) in [6.07, 6.45) is 1.39. The smallest absolute Gasteiger partial charge is 0.262 e. The second-order valence-electron chi connectivity index (χ2n) is 4.46. The molecule has 0 spiro atoms. The molecule has 1 aliphatic heterocycles. The lowest BCUT2D eigenvalue weighted by atomic mass is 9.99. The van der Waals surface area contributed by atoms with Crippen molar-refractivity contribution in [2.24, 2.45) is 5.92 Å². The van der Waals surface area contributed by atoms with E-state index in [4.69, 9.17) is 15.4 Å². The van der Waals surface area contributed by atoms with Gasteiger partial charge in [0, 0.05) is 40.0 Å². The third-order valence-corrected chi connectivity index (χ3v) is 5.35. The number of nitrogens with one attached hydrogen (secondary N) is 1. The predicted molar refractivity (Wildman–Crippen MR) is 79.4 cm³/mol. The number of carbonyl (C=O) groups is 1. The van der Waals surface area contributed by atoms with Crippen LogP contribution >= 0.6 is 26.6 Å². The van der Waals surface area contributed by atoms with Crippen molar-refractivity contribution < 1.29 is 17.9 Å². The minimum Gasteiger partial charge on any atom is -0.381 e. The van der Waals surface area contributed by atoms with Crippen molar-refractivity contribution in [3.05, 3.63) is 22.7 Å². The van der Waals surface area contributed by atoms with Gasteiger partial charge in [0.25, 0.3) is 9.05 Å². The predicted octanol–water partition coefficient (Wildman–Crippen LogP) is 2.74. The fraction of sp³-hybridized carbons (Fsp3) is 0.417. The fourth-order valence-corrected chi connectivity index (χ4v) is 4.20. The molecule has 5 nitrogen and oxygen atoms in total. The largest absolute Gasteiger partial charge is 0.381 e. The maximum absolute atomic E-state index is 12.0. The maximum atomic E-state index is 12.0. The summed E-state index contributed by atoms with van der Waals surface area (Å²) in [5.74, 6) is -0.152. The highest BCUT2D eigenvalue weighted by atomic mass is 79.9. The molecular weight excluding hydrogens is 370 g/mol. The van der Waals surface area contributed by atoms with E-state index >= 15 is 0 Å². The number of rotatable bonds is 3. The number of benzene rings is 1. The monoisotopic (exact) mass is 381 g/mol. The minimum atomic E-state index is -3.80. The molecule has 0 aliphatic carbocycles. The molecule has 1 heterocycles. The van der Waals surface area contributed by atoms with E-state index in [0.717, 1.165) is 0 Å². The van der Waals surface area contributed by atoms with E-state index in [9.17, 15) is 13.2 Å².